The highest BCUT2D eigenvalue weighted by Gasteiger charge is 2.13. The SMILES string of the molecule is C=Cc1cnc(-c2ccc(-c3nc(-c4ccc5ccccc5c4)cc(-c4ccc5ccccc5c4)n3)cc2)cc1C=C. The molecular formula is C39H27N3. The van der Waals surface area contributed by atoms with Crippen LogP contribution in [0.5, 0.6) is 0 Å². The third-order valence-electron chi connectivity index (χ3n) is 7.66. The summed E-state index contributed by atoms with van der Waals surface area (Å²) in [5.74, 6) is 0.678. The topological polar surface area (TPSA) is 38.7 Å². The molecule has 42 heavy (non-hydrogen) atoms. The zero-order valence-corrected chi connectivity index (χ0v) is 23.0. The Hall–Kier alpha value is -5.67. The minimum atomic E-state index is 0.678. The number of fused-ring (bicyclic) bond motifs is 2. The third-order valence-corrected chi connectivity index (χ3v) is 7.66. The van der Waals surface area contributed by atoms with E-state index in [9.17, 15) is 0 Å². The summed E-state index contributed by atoms with van der Waals surface area (Å²) in [6.45, 7) is 7.81. The van der Waals surface area contributed by atoms with Crippen LogP contribution in [0.25, 0.3) is 78.9 Å². The maximum absolute atomic E-state index is 5.07. The number of rotatable bonds is 6. The molecule has 0 N–H and O–H groups in total. The van der Waals surface area contributed by atoms with E-state index in [0.29, 0.717) is 5.82 Å². The zero-order valence-electron chi connectivity index (χ0n) is 23.0. The van der Waals surface area contributed by atoms with Crippen molar-refractivity contribution < 1.29 is 0 Å². The lowest BCUT2D eigenvalue weighted by molar-refractivity contribution is 1.18. The van der Waals surface area contributed by atoms with Gasteiger partial charge in [0, 0.05) is 28.5 Å². The second-order valence-corrected chi connectivity index (χ2v) is 10.3. The lowest BCUT2D eigenvalue weighted by Crippen LogP contribution is -1.96. The van der Waals surface area contributed by atoms with Crippen LogP contribution in [0.15, 0.2) is 141 Å². The van der Waals surface area contributed by atoms with Crippen molar-refractivity contribution in [3.63, 3.8) is 0 Å². The maximum atomic E-state index is 5.07. The van der Waals surface area contributed by atoms with Crippen LogP contribution in [0.2, 0.25) is 0 Å². The highest BCUT2D eigenvalue weighted by atomic mass is 14.9. The molecule has 2 aromatic heterocycles. The normalized spacial score (nSPS) is 11.0. The van der Waals surface area contributed by atoms with E-state index in [4.69, 9.17) is 9.97 Å². The van der Waals surface area contributed by atoms with Crippen molar-refractivity contribution in [2.24, 2.45) is 0 Å². The Balaban J connectivity index is 1.34. The van der Waals surface area contributed by atoms with Crippen LogP contribution >= 0.6 is 0 Å². The van der Waals surface area contributed by atoms with Crippen molar-refractivity contribution in [2.45, 2.75) is 0 Å². The molecule has 0 fully saturated rings. The summed E-state index contributed by atoms with van der Waals surface area (Å²) in [7, 11) is 0. The zero-order chi connectivity index (χ0) is 28.5. The highest BCUT2D eigenvalue weighted by molar-refractivity contribution is 5.89. The van der Waals surface area contributed by atoms with Gasteiger partial charge in [-0.05, 0) is 56.9 Å². The fourth-order valence-electron chi connectivity index (χ4n) is 5.35. The first-order chi connectivity index (χ1) is 20.7. The van der Waals surface area contributed by atoms with Gasteiger partial charge in [0.05, 0.1) is 17.1 Å². The van der Waals surface area contributed by atoms with E-state index in [1.807, 2.05) is 18.3 Å². The van der Waals surface area contributed by atoms with Crippen LogP contribution in [0, 0.1) is 0 Å². The molecule has 0 bridgehead atoms. The Morgan fingerprint density at radius 2 is 0.929 bits per heavy atom. The Morgan fingerprint density at radius 1 is 0.429 bits per heavy atom. The minimum absolute atomic E-state index is 0.678. The third kappa shape index (κ3) is 4.78. The van der Waals surface area contributed by atoms with Crippen LogP contribution in [0.4, 0.5) is 0 Å². The van der Waals surface area contributed by atoms with E-state index in [0.717, 1.165) is 50.5 Å². The summed E-state index contributed by atoms with van der Waals surface area (Å²) in [6, 6.07) is 42.2. The Morgan fingerprint density at radius 3 is 1.48 bits per heavy atom. The molecule has 2 heterocycles. The van der Waals surface area contributed by atoms with E-state index in [2.05, 4.69) is 133 Å². The summed E-state index contributed by atoms with van der Waals surface area (Å²) >= 11 is 0. The summed E-state index contributed by atoms with van der Waals surface area (Å²) in [5.41, 5.74) is 8.68. The molecule has 7 rings (SSSR count). The molecule has 5 aromatic carbocycles. The monoisotopic (exact) mass is 537 g/mol. The second-order valence-electron chi connectivity index (χ2n) is 10.3. The molecule has 0 saturated carbocycles. The first-order valence-corrected chi connectivity index (χ1v) is 13.9. The Bertz CT molecular complexity index is 2030. The molecule has 0 radical (unpaired) electrons. The van der Waals surface area contributed by atoms with Gasteiger partial charge in [-0.2, -0.15) is 0 Å². The van der Waals surface area contributed by atoms with E-state index < -0.39 is 0 Å². The first-order valence-electron chi connectivity index (χ1n) is 13.9. The Labute approximate surface area is 245 Å². The quantitative estimate of drug-likeness (QED) is 0.212. The van der Waals surface area contributed by atoms with Gasteiger partial charge >= 0.3 is 0 Å². The standard InChI is InChI=1S/C39H27N3/c1-3-26-23-36(40-25-27(26)4-2)30-15-17-31(18-16-30)39-41-37(34-19-13-28-9-5-7-11-32(28)21-34)24-38(42-39)35-20-14-29-10-6-8-12-33(29)22-35/h3-25H,1-2H2. The number of hydrogen-bond acceptors (Lipinski definition) is 3. The minimum Gasteiger partial charge on any atom is -0.256 e. The average Bonchev–Trinajstić information content (AvgIpc) is 3.07. The van der Waals surface area contributed by atoms with Gasteiger partial charge in [-0.3, -0.25) is 4.98 Å². The van der Waals surface area contributed by atoms with E-state index in [-0.39, 0.29) is 0 Å². The molecule has 7 aromatic rings. The summed E-state index contributed by atoms with van der Waals surface area (Å²) in [5, 5.41) is 4.77. The number of aromatic nitrogens is 3. The van der Waals surface area contributed by atoms with E-state index in [1.165, 1.54) is 21.5 Å². The molecule has 0 aliphatic carbocycles. The molecule has 0 unspecified atom stereocenters. The van der Waals surface area contributed by atoms with Crippen molar-refractivity contribution in [3.8, 4) is 45.2 Å². The molecule has 0 saturated heterocycles. The van der Waals surface area contributed by atoms with Crippen molar-refractivity contribution in [1.82, 2.24) is 15.0 Å². The predicted octanol–water partition coefficient (Wildman–Crippen LogP) is 10.1. The van der Waals surface area contributed by atoms with E-state index >= 15 is 0 Å². The predicted molar refractivity (Wildman–Crippen MR) is 177 cm³/mol. The molecule has 198 valence electrons. The molecule has 3 nitrogen and oxygen atoms in total. The Kier molecular flexibility index (Phi) is 6.46. The van der Waals surface area contributed by atoms with Gasteiger partial charge in [0.25, 0.3) is 0 Å². The van der Waals surface area contributed by atoms with Gasteiger partial charge in [0.15, 0.2) is 5.82 Å². The molecule has 0 amide bonds. The first kappa shape index (κ1) is 25.3. The van der Waals surface area contributed by atoms with Crippen molar-refractivity contribution in [3.05, 3.63) is 152 Å². The number of benzene rings is 5. The van der Waals surface area contributed by atoms with Crippen LogP contribution in [0.1, 0.15) is 11.1 Å². The molecular weight excluding hydrogens is 510 g/mol. The van der Waals surface area contributed by atoms with Crippen LogP contribution in [-0.4, -0.2) is 15.0 Å². The second kappa shape index (κ2) is 10.7. The molecule has 0 spiro atoms. The van der Waals surface area contributed by atoms with Gasteiger partial charge in [0.1, 0.15) is 0 Å². The maximum Gasteiger partial charge on any atom is 0.160 e. The van der Waals surface area contributed by atoms with Crippen molar-refractivity contribution in [1.29, 1.82) is 0 Å². The molecule has 0 aliphatic rings. The fraction of sp³-hybridized carbons (Fsp3) is 0. The van der Waals surface area contributed by atoms with Gasteiger partial charge in [-0.25, -0.2) is 9.97 Å². The summed E-state index contributed by atoms with van der Waals surface area (Å²) < 4.78 is 0. The van der Waals surface area contributed by atoms with Crippen LogP contribution in [-0.2, 0) is 0 Å². The molecule has 0 atom stereocenters. The number of nitrogens with zero attached hydrogens (tertiary/aromatic N) is 3. The van der Waals surface area contributed by atoms with E-state index in [1.54, 1.807) is 6.08 Å². The van der Waals surface area contributed by atoms with Crippen LogP contribution in [0.3, 0.4) is 0 Å². The fourth-order valence-corrected chi connectivity index (χ4v) is 5.35. The lowest BCUT2D eigenvalue weighted by Gasteiger charge is -2.11. The van der Waals surface area contributed by atoms with Gasteiger partial charge in [0.2, 0.25) is 0 Å². The van der Waals surface area contributed by atoms with Gasteiger partial charge in [-0.1, -0.05) is 122 Å². The highest BCUT2D eigenvalue weighted by Crippen LogP contribution is 2.32. The molecule has 3 heteroatoms. The smallest absolute Gasteiger partial charge is 0.160 e. The summed E-state index contributed by atoms with van der Waals surface area (Å²) in [6.07, 6.45) is 5.46. The van der Waals surface area contributed by atoms with Crippen molar-refractivity contribution >= 4 is 33.7 Å². The lowest BCUT2D eigenvalue weighted by atomic mass is 10.0. The van der Waals surface area contributed by atoms with Crippen LogP contribution < -0.4 is 0 Å². The average molecular weight is 538 g/mol. The summed E-state index contributed by atoms with van der Waals surface area (Å²) in [4.78, 5) is 14.8. The number of pyridine rings is 1. The number of hydrogen-bond donors (Lipinski definition) is 0. The van der Waals surface area contributed by atoms with Gasteiger partial charge < -0.3 is 0 Å². The largest absolute Gasteiger partial charge is 0.256 e. The molecule has 0 aliphatic heterocycles. The van der Waals surface area contributed by atoms with Gasteiger partial charge in [-0.15, -0.1) is 0 Å². The van der Waals surface area contributed by atoms with Crippen molar-refractivity contribution in [2.75, 3.05) is 0 Å².